The first-order valence-electron chi connectivity index (χ1n) is 3.52. The minimum Gasteiger partial charge on any atom is -0.396 e. The number of aliphatic hydroxyl groups is 1. The Morgan fingerprint density at radius 2 is 1.56 bits per heavy atom. The quantitative estimate of drug-likeness (QED) is 0.472. The fourth-order valence-corrected chi connectivity index (χ4v) is 0.715. The molecule has 51 valence electrons. The molecule has 1 radical (unpaired) electrons. The molecule has 0 spiro atoms. The number of aliphatic hydroxyl groups excluding tert-OH is 1. The van der Waals surface area contributed by atoms with Crippen LogP contribution in [0.3, 0.4) is 0 Å². The topological polar surface area (TPSA) is 20.2 Å². The smallest absolute Gasteiger partial charge is 0.0431 e. The minimum atomic E-state index is 0. The van der Waals surface area contributed by atoms with Crippen LogP contribution in [0.15, 0.2) is 0 Å². The molecule has 0 atom stereocenters. The molecular weight excluding hydrogens is 139 g/mol. The second kappa shape index (κ2) is 12.3. The van der Waals surface area contributed by atoms with Gasteiger partial charge in [-0.1, -0.05) is 32.6 Å². The van der Waals surface area contributed by atoms with Crippen molar-refractivity contribution in [2.75, 3.05) is 6.61 Å². The van der Waals surface area contributed by atoms with Crippen molar-refractivity contribution in [1.82, 2.24) is 0 Å². The first-order valence-corrected chi connectivity index (χ1v) is 3.52. The van der Waals surface area contributed by atoms with Gasteiger partial charge in [0.25, 0.3) is 0 Å². The van der Waals surface area contributed by atoms with Gasteiger partial charge in [-0.15, -0.1) is 0 Å². The Hall–Kier alpha value is 1.60. The molecule has 0 aliphatic carbocycles. The van der Waals surface area contributed by atoms with Crippen LogP contribution in [0.5, 0.6) is 0 Å². The van der Waals surface area contributed by atoms with E-state index < -0.39 is 0 Å². The summed E-state index contributed by atoms with van der Waals surface area (Å²) >= 11 is 0. The van der Waals surface area contributed by atoms with E-state index in [4.69, 9.17) is 5.11 Å². The van der Waals surface area contributed by atoms with Gasteiger partial charge in [-0.05, 0) is 6.42 Å². The second-order valence-electron chi connectivity index (χ2n) is 2.14. The van der Waals surface area contributed by atoms with E-state index in [9.17, 15) is 0 Å². The summed E-state index contributed by atoms with van der Waals surface area (Å²) in [5.74, 6) is 0. The molecule has 9 heavy (non-hydrogen) atoms. The SMILES string of the molecule is CCCCCCCO.[K]. The monoisotopic (exact) mass is 155 g/mol. The van der Waals surface area contributed by atoms with Gasteiger partial charge in [0.1, 0.15) is 0 Å². The summed E-state index contributed by atoms with van der Waals surface area (Å²) in [6.45, 7) is 2.56. The molecule has 0 saturated heterocycles. The molecular formula is C7H16KO. The van der Waals surface area contributed by atoms with Crippen LogP contribution < -0.4 is 0 Å². The zero-order valence-corrected chi connectivity index (χ0v) is 9.81. The minimum absolute atomic E-state index is 0. The molecule has 1 N–H and O–H groups in total. The number of hydrogen-bond acceptors (Lipinski definition) is 1. The van der Waals surface area contributed by atoms with Crippen LogP contribution in [0.25, 0.3) is 0 Å². The summed E-state index contributed by atoms with van der Waals surface area (Å²) in [5, 5.41) is 8.37. The average molecular weight is 155 g/mol. The zero-order chi connectivity index (χ0) is 6.24. The van der Waals surface area contributed by atoms with E-state index >= 15 is 0 Å². The van der Waals surface area contributed by atoms with Crippen LogP contribution in [0.4, 0.5) is 0 Å². The molecule has 0 saturated carbocycles. The number of unbranched alkanes of at least 4 members (excludes halogenated alkanes) is 4. The molecule has 0 aromatic carbocycles. The zero-order valence-electron chi connectivity index (χ0n) is 6.69. The van der Waals surface area contributed by atoms with Crippen LogP contribution in [-0.2, 0) is 0 Å². The van der Waals surface area contributed by atoms with Crippen LogP contribution in [0.1, 0.15) is 39.0 Å². The molecule has 2 heteroatoms. The molecule has 0 bridgehead atoms. The van der Waals surface area contributed by atoms with Gasteiger partial charge < -0.3 is 5.11 Å². The van der Waals surface area contributed by atoms with Crippen LogP contribution in [-0.4, -0.2) is 63.1 Å². The molecule has 0 aromatic heterocycles. The molecule has 0 heterocycles. The van der Waals surface area contributed by atoms with E-state index in [1.54, 1.807) is 0 Å². The summed E-state index contributed by atoms with van der Waals surface area (Å²) in [6, 6.07) is 0. The Morgan fingerprint density at radius 1 is 1.00 bits per heavy atom. The fraction of sp³-hybridized carbons (Fsp3) is 1.00. The average Bonchev–Trinajstić information content (AvgIpc) is 1.81. The maximum absolute atomic E-state index is 8.37. The number of rotatable bonds is 5. The molecule has 1 nitrogen and oxygen atoms in total. The Kier molecular flexibility index (Phi) is 18.0. The van der Waals surface area contributed by atoms with Crippen molar-refractivity contribution in [2.24, 2.45) is 0 Å². The summed E-state index contributed by atoms with van der Waals surface area (Å²) < 4.78 is 0. The molecule has 0 rings (SSSR count). The van der Waals surface area contributed by atoms with Crippen molar-refractivity contribution in [2.45, 2.75) is 39.0 Å². The summed E-state index contributed by atoms with van der Waals surface area (Å²) in [6.07, 6.45) is 6.08. The van der Waals surface area contributed by atoms with Crippen LogP contribution in [0.2, 0.25) is 0 Å². The predicted octanol–water partition coefficient (Wildman–Crippen LogP) is 1.57. The predicted molar refractivity (Wildman–Crippen MR) is 41.6 cm³/mol. The third-order valence-corrected chi connectivity index (χ3v) is 1.26. The van der Waals surface area contributed by atoms with Gasteiger partial charge in [0, 0.05) is 58.0 Å². The molecule has 0 aliphatic rings. The van der Waals surface area contributed by atoms with Gasteiger partial charge in [0.2, 0.25) is 0 Å². The Balaban J connectivity index is 0. The van der Waals surface area contributed by atoms with Gasteiger partial charge in [-0.3, -0.25) is 0 Å². The van der Waals surface area contributed by atoms with Gasteiger partial charge in [-0.2, -0.15) is 0 Å². The number of hydrogen-bond donors (Lipinski definition) is 1. The van der Waals surface area contributed by atoms with Crippen molar-refractivity contribution in [1.29, 1.82) is 0 Å². The van der Waals surface area contributed by atoms with Crippen molar-refractivity contribution >= 4 is 51.4 Å². The molecule has 0 aliphatic heterocycles. The van der Waals surface area contributed by atoms with Crippen LogP contribution >= 0.6 is 0 Å². The van der Waals surface area contributed by atoms with E-state index in [0.717, 1.165) is 6.42 Å². The molecule has 0 unspecified atom stereocenters. The van der Waals surface area contributed by atoms with Crippen molar-refractivity contribution in [3.05, 3.63) is 0 Å². The van der Waals surface area contributed by atoms with E-state index in [0.29, 0.717) is 6.61 Å². The maximum atomic E-state index is 8.37. The van der Waals surface area contributed by atoms with Crippen molar-refractivity contribution < 1.29 is 5.11 Å². The van der Waals surface area contributed by atoms with Crippen molar-refractivity contribution in [3.8, 4) is 0 Å². The van der Waals surface area contributed by atoms with Gasteiger partial charge >= 0.3 is 0 Å². The van der Waals surface area contributed by atoms with Crippen molar-refractivity contribution in [3.63, 3.8) is 0 Å². The van der Waals surface area contributed by atoms with Gasteiger partial charge in [-0.25, -0.2) is 0 Å². The molecule has 0 aromatic rings. The maximum Gasteiger partial charge on any atom is 0.0431 e. The molecule has 0 fully saturated rings. The largest absolute Gasteiger partial charge is 0.396 e. The van der Waals surface area contributed by atoms with Gasteiger partial charge in [0.15, 0.2) is 0 Å². The summed E-state index contributed by atoms with van der Waals surface area (Å²) in [5.41, 5.74) is 0. The van der Waals surface area contributed by atoms with E-state index in [1.807, 2.05) is 0 Å². The first-order chi connectivity index (χ1) is 3.91. The standard InChI is InChI=1S/C7H16O.K/c1-2-3-4-5-6-7-8;/h8H,2-7H2,1H3;. The summed E-state index contributed by atoms with van der Waals surface area (Å²) in [7, 11) is 0. The van der Waals surface area contributed by atoms with Crippen LogP contribution in [0, 0.1) is 0 Å². The normalized spacial score (nSPS) is 8.67. The second-order valence-corrected chi connectivity index (χ2v) is 2.14. The Bertz CT molecular complexity index is 33.9. The third kappa shape index (κ3) is 12.7. The first kappa shape index (κ1) is 13.2. The Morgan fingerprint density at radius 3 is 2.00 bits per heavy atom. The van der Waals surface area contributed by atoms with Gasteiger partial charge in [0.05, 0.1) is 0 Å². The fourth-order valence-electron chi connectivity index (χ4n) is 0.715. The summed E-state index contributed by atoms with van der Waals surface area (Å²) in [4.78, 5) is 0. The van der Waals surface area contributed by atoms with E-state index in [2.05, 4.69) is 6.92 Å². The third-order valence-electron chi connectivity index (χ3n) is 1.26. The Labute approximate surface area is 101 Å². The van der Waals surface area contributed by atoms with E-state index in [1.165, 1.54) is 25.7 Å². The van der Waals surface area contributed by atoms with E-state index in [-0.39, 0.29) is 51.4 Å². The molecule has 0 amide bonds.